The second kappa shape index (κ2) is 9.02. The summed E-state index contributed by atoms with van der Waals surface area (Å²) in [6.45, 7) is 0. The summed E-state index contributed by atoms with van der Waals surface area (Å²) in [4.78, 5) is 24.4. The van der Waals surface area contributed by atoms with Crippen LogP contribution in [0.4, 0.5) is 0 Å². The van der Waals surface area contributed by atoms with Gasteiger partial charge in [0.2, 0.25) is 0 Å². The van der Waals surface area contributed by atoms with Gasteiger partial charge in [-0.1, -0.05) is 41.9 Å². The fourth-order valence-corrected chi connectivity index (χ4v) is 2.61. The van der Waals surface area contributed by atoms with E-state index in [9.17, 15) is 9.59 Å². The SMILES string of the molecule is COc1cc(C=CC(=O)c2ccc(Cl)cc2)ccc1OC(=O)c1ccccc1. The molecule has 3 aromatic rings. The van der Waals surface area contributed by atoms with Crippen molar-refractivity contribution in [3.63, 3.8) is 0 Å². The van der Waals surface area contributed by atoms with Crippen molar-refractivity contribution in [3.8, 4) is 11.5 Å². The number of hydrogen-bond donors (Lipinski definition) is 0. The smallest absolute Gasteiger partial charge is 0.343 e. The Morgan fingerprint density at radius 3 is 2.25 bits per heavy atom. The predicted octanol–water partition coefficient (Wildman–Crippen LogP) is 5.46. The molecule has 0 aliphatic rings. The Kier molecular flexibility index (Phi) is 6.25. The molecular weight excluding hydrogens is 376 g/mol. The van der Waals surface area contributed by atoms with Gasteiger partial charge in [-0.25, -0.2) is 4.79 Å². The Labute approximate surface area is 168 Å². The number of methoxy groups -OCH3 is 1. The second-order valence-electron chi connectivity index (χ2n) is 5.87. The van der Waals surface area contributed by atoms with Crippen LogP contribution in [0.5, 0.6) is 11.5 Å². The van der Waals surface area contributed by atoms with Crippen molar-refractivity contribution in [1.82, 2.24) is 0 Å². The van der Waals surface area contributed by atoms with Gasteiger partial charge in [-0.15, -0.1) is 0 Å². The highest BCUT2D eigenvalue weighted by Gasteiger charge is 2.12. The van der Waals surface area contributed by atoms with Gasteiger partial charge in [0.05, 0.1) is 12.7 Å². The zero-order valence-corrected chi connectivity index (χ0v) is 15.8. The van der Waals surface area contributed by atoms with Gasteiger partial charge in [0.1, 0.15) is 0 Å². The largest absolute Gasteiger partial charge is 0.493 e. The Bertz CT molecular complexity index is 1010. The Balaban J connectivity index is 1.74. The van der Waals surface area contributed by atoms with Crippen LogP contribution >= 0.6 is 11.6 Å². The van der Waals surface area contributed by atoms with E-state index in [1.54, 1.807) is 72.8 Å². The van der Waals surface area contributed by atoms with Gasteiger partial charge in [0.15, 0.2) is 17.3 Å². The van der Waals surface area contributed by atoms with Crippen LogP contribution in [0.15, 0.2) is 78.9 Å². The third kappa shape index (κ3) is 4.87. The molecule has 3 rings (SSSR count). The molecule has 140 valence electrons. The van der Waals surface area contributed by atoms with Gasteiger partial charge in [-0.3, -0.25) is 4.79 Å². The number of hydrogen-bond acceptors (Lipinski definition) is 4. The second-order valence-corrected chi connectivity index (χ2v) is 6.31. The summed E-state index contributed by atoms with van der Waals surface area (Å²) in [5, 5.41) is 0.575. The zero-order valence-electron chi connectivity index (χ0n) is 15.1. The van der Waals surface area contributed by atoms with Crippen molar-refractivity contribution in [2.45, 2.75) is 0 Å². The fraction of sp³-hybridized carbons (Fsp3) is 0.0435. The first kappa shape index (κ1) is 19.4. The lowest BCUT2D eigenvalue weighted by molar-refractivity contribution is 0.0729. The number of benzene rings is 3. The Morgan fingerprint density at radius 1 is 0.857 bits per heavy atom. The minimum atomic E-state index is -0.472. The summed E-state index contributed by atoms with van der Waals surface area (Å²) in [6.07, 6.45) is 3.13. The molecule has 0 unspecified atom stereocenters. The molecular formula is C23H17ClO4. The molecule has 28 heavy (non-hydrogen) atoms. The molecule has 0 amide bonds. The van der Waals surface area contributed by atoms with E-state index in [2.05, 4.69) is 0 Å². The number of esters is 1. The summed E-state index contributed by atoms with van der Waals surface area (Å²) in [6, 6.07) is 20.4. The molecule has 0 aromatic heterocycles. The summed E-state index contributed by atoms with van der Waals surface area (Å²) in [5.74, 6) is 0.0817. The monoisotopic (exact) mass is 392 g/mol. The highest BCUT2D eigenvalue weighted by molar-refractivity contribution is 6.30. The van der Waals surface area contributed by atoms with E-state index in [1.807, 2.05) is 6.07 Å². The van der Waals surface area contributed by atoms with E-state index >= 15 is 0 Å². The van der Waals surface area contributed by atoms with Crippen molar-refractivity contribution in [3.05, 3.63) is 101 Å². The number of carbonyl (C=O) groups is 2. The Hall–Kier alpha value is -3.37. The quantitative estimate of drug-likeness (QED) is 0.242. The van der Waals surface area contributed by atoms with E-state index in [0.29, 0.717) is 27.6 Å². The predicted molar refractivity (Wildman–Crippen MR) is 109 cm³/mol. The van der Waals surface area contributed by atoms with Gasteiger partial charge >= 0.3 is 5.97 Å². The van der Waals surface area contributed by atoms with Crippen LogP contribution in [0.3, 0.4) is 0 Å². The molecule has 5 heteroatoms. The molecule has 0 spiro atoms. The van der Waals surface area contributed by atoms with E-state index in [1.165, 1.54) is 13.2 Å². The molecule has 0 atom stereocenters. The topological polar surface area (TPSA) is 52.6 Å². The maximum atomic E-state index is 12.2. The lowest BCUT2D eigenvalue weighted by atomic mass is 10.1. The van der Waals surface area contributed by atoms with Crippen LogP contribution in [-0.4, -0.2) is 18.9 Å². The number of allylic oxidation sites excluding steroid dienone is 1. The molecule has 4 nitrogen and oxygen atoms in total. The number of ketones is 1. The molecule has 0 heterocycles. The van der Waals surface area contributed by atoms with Gasteiger partial charge in [0, 0.05) is 10.6 Å². The first-order valence-electron chi connectivity index (χ1n) is 8.50. The molecule has 0 saturated carbocycles. The third-order valence-corrected chi connectivity index (χ3v) is 4.21. The van der Waals surface area contributed by atoms with Crippen molar-refractivity contribution in [1.29, 1.82) is 0 Å². The fourth-order valence-electron chi connectivity index (χ4n) is 2.49. The maximum absolute atomic E-state index is 12.2. The lowest BCUT2D eigenvalue weighted by Gasteiger charge is -2.10. The standard InChI is InChI=1S/C23H17ClO4/c1-27-22-15-16(7-13-20(25)17-9-11-19(24)12-10-17)8-14-21(22)28-23(26)18-5-3-2-4-6-18/h2-15H,1H3. The summed E-state index contributed by atoms with van der Waals surface area (Å²) in [7, 11) is 1.49. The lowest BCUT2D eigenvalue weighted by Crippen LogP contribution is -2.09. The minimum absolute atomic E-state index is 0.143. The van der Waals surface area contributed by atoms with Crippen LogP contribution in [0, 0.1) is 0 Å². The normalized spacial score (nSPS) is 10.6. The molecule has 0 N–H and O–H groups in total. The van der Waals surface area contributed by atoms with Gasteiger partial charge in [-0.05, 0) is 60.2 Å². The minimum Gasteiger partial charge on any atom is -0.493 e. The van der Waals surface area contributed by atoms with Crippen molar-refractivity contribution in [2.24, 2.45) is 0 Å². The van der Waals surface area contributed by atoms with Crippen molar-refractivity contribution >= 4 is 29.4 Å². The average Bonchev–Trinajstić information content (AvgIpc) is 2.73. The van der Waals surface area contributed by atoms with Gasteiger partial charge in [0.25, 0.3) is 0 Å². The highest BCUT2D eigenvalue weighted by Crippen LogP contribution is 2.29. The van der Waals surface area contributed by atoms with Crippen LogP contribution in [0.25, 0.3) is 6.08 Å². The summed E-state index contributed by atoms with van der Waals surface area (Å²) < 4.78 is 10.7. The maximum Gasteiger partial charge on any atom is 0.343 e. The van der Waals surface area contributed by atoms with E-state index in [-0.39, 0.29) is 5.78 Å². The molecule has 0 radical (unpaired) electrons. The summed E-state index contributed by atoms with van der Waals surface area (Å²) >= 11 is 5.83. The van der Waals surface area contributed by atoms with Gasteiger partial charge < -0.3 is 9.47 Å². The molecule has 3 aromatic carbocycles. The number of ether oxygens (including phenoxy) is 2. The van der Waals surface area contributed by atoms with E-state index in [0.717, 1.165) is 5.56 Å². The summed E-state index contributed by atoms with van der Waals surface area (Å²) in [5.41, 5.74) is 1.72. The number of carbonyl (C=O) groups excluding carboxylic acids is 2. The van der Waals surface area contributed by atoms with Crippen molar-refractivity contribution < 1.29 is 19.1 Å². The highest BCUT2D eigenvalue weighted by atomic mass is 35.5. The van der Waals surface area contributed by atoms with Crippen LogP contribution < -0.4 is 9.47 Å². The molecule has 0 aliphatic heterocycles. The van der Waals surface area contributed by atoms with Crippen LogP contribution in [0.2, 0.25) is 5.02 Å². The van der Waals surface area contributed by atoms with E-state index in [4.69, 9.17) is 21.1 Å². The van der Waals surface area contributed by atoms with Crippen LogP contribution in [0.1, 0.15) is 26.3 Å². The average molecular weight is 393 g/mol. The van der Waals surface area contributed by atoms with Crippen molar-refractivity contribution in [2.75, 3.05) is 7.11 Å². The van der Waals surface area contributed by atoms with Crippen LogP contribution in [-0.2, 0) is 0 Å². The third-order valence-electron chi connectivity index (χ3n) is 3.96. The molecule has 0 bridgehead atoms. The number of rotatable bonds is 6. The zero-order chi connectivity index (χ0) is 19.9. The Morgan fingerprint density at radius 2 is 1.57 bits per heavy atom. The molecule has 0 fully saturated rings. The molecule has 0 aliphatic carbocycles. The van der Waals surface area contributed by atoms with Gasteiger partial charge in [-0.2, -0.15) is 0 Å². The molecule has 0 saturated heterocycles. The first-order valence-corrected chi connectivity index (χ1v) is 8.88. The van der Waals surface area contributed by atoms with E-state index < -0.39 is 5.97 Å². The first-order chi connectivity index (χ1) is 13.6. The number of halogens is 1.